The van der Waals surface area contributed by atoms with Gasteiger partial charge in [0.1, 0.15) is 5.75 Å². The van der Waals surface area contributed by atoms with E-state index in [9.17, 15) is 8.42 Å². The van der Waals surface area contributed by atoms with Crippen LogP contribution in [0.3, 0.4) is 0 Å². The first-order chi connectivity index (χ1) is 14.4. The Morgan fingerprint density at radius 2 is 1.80 bits per heavy atom. The van der Waals surface area contributed by atoms with Gasteiger partial charge >= 0.3 is 0 Å². The van der Waals surface area contributed by atoms with Crippen molar-refractivity contribution in [3.05, 3.63) is 58.4 Å². The van der Waals surface area contributed by atoms with E-state index in [1.54, 1.807) is 28.8 Å². The van der Waals surface area contributed by atoms with Crippen LogP contribution in [0.25, 0.3) is 11.3 Å². The Balaban J connectivity index is 1.55. The van der Waals surface area contributed by atoms with Crippen molar-refractivity contribution in [3.8, 4) is 17.0 Å². The van der Waals surface area contributed by atoms with E-state index in [-0.39, 0.29) is 0 Å². The van der Waals surface area contributed by atoms with Gasteiger partial charge in [-0.3, -0.25) is 0 Å². The van der Waals surface area contributed by atoms with Crippen molar-refractivity contribution in [2.75, 3.05) is 38.2 Å². The van der Waals surface area contributed by atoms with E-state index in [1.165, 1.54) is 0 Å². The van der Waals surface area contributed by atoms with Crippen LogP contribution in [-0.4, -0.2) is 51.0 Å². The fourth-order valence-corrected chi connectivity index (χ4v) is 5.96. The number of thiazole rings is 1. The van der Waals surface area contributed by atoms with E-state index >= 15 is 0 Å². The second-order valence-corrected chi connectivity index (χ2v) is 10.3. The van der Waals surface area contributed by atoms with Gasteiger partial charge in [-0.1, -0.05) is 18.2 Å². The van der Waals surface area contributed by atoms with Crippen LogP contribution in [0.15, 0.2) is 52.7 Å². The van der Waals surface area contributed by atoms with E-state index in [0.717, 1.165) is 33.3 Å². The zero-order valence-electron chi connectivity index (χ0n) is 17.3. The van der Waals surface area contributed by atoms with Crippen LogP contribution >= 0.6 is 11.3 Å². The third-order valence-electron chi connectivity index (χ3n) is 5.38. The van der Waals surface area contributed by atoms with Gasteiger partial charge in [0.05, 0.1) is 22.7 Å². The minimum Gasteiger partial charge on any atom is -0.497 e. The second kappa shape index (κ2) is 8.37. The van der Waals surface area contributed by atoms with Crippen molar-refractivity contribution in [2.24, 2.45) is 0 Å². The monoisotopic (exact) mass is 443 g/mol. The Bertz CT molecular complexity index is 1150. The molecule has 0 radical (unpaired) electrons. The molecule has 1 aliphatic heterocycles. The highest BCUT2D eigenvalue weighted by Crippen LogP contribution is 2.29. The van der Waals surface area contributed by atoms with E-state index < -0.39 is 10.0 Å². The Kier molecular flexibility index (Phi) is 5.81. The summed E-state index contributed by atoms with van der Waals surface area (Å²) in [5, 5.41) is 2.92. The maximum absolute atomic E-state index is 13.4. The van der Waals surface area contributed by atoms with E-state index in [0.29, 0.717) is 31.1 Å². The number of anilines is 1. The summed E-state index contributed by atoms with van der Waals surface area (Å²) in [6.07, 6.45) is 0. The predicted molar refractivity (Wildman–Crippen MR) is 121 cm³/mol. The van der Waals surface area contributed by atoms with Crippen LogP contribution in [0.4, 0.5) is 5.69 Å². The summed E-state index contributed by atoms with van der Waals surface area (Å²) in [6.45, 7) is 5.95. The van der Waals surface area contributed by atoms with Crippen molar-refractivity contribution in [1.82, 2.24) is 9.29 Å². The van der Waals surface area contributed by atoms with Crippen LogP contribution in [0.2, 0.25) is 0 Å². The highest BCUT2D eigenvalue weighted by molar-refractivity contribution is 7.89. The number of nitrogens with zero attached hydrogens (tertiary/aromatic N) is 3. The highest BCUT2D eigenvalue weighted by Gasteiger charge is 2.30. The quantitative estimate of drug-likeness (QED) is 0.598. The average Bonchev–Trinajstić information content (AvgIpc) is 3.20. The first-order valence-electron chi connectivity index (χ1n) is 9.81. The van der Waals surface area contributed by atoms with Crippen LogP contribution in [0.1, 0.15) is 10.6 Å². The number of benzene rings is 2. The molecule has 2 heterocycles. The number of rotatable bonds is 5. The van der Waals surface area contributed by atoms with E-state index in [2.05, 4.69) is 9.88 Å². The number of hydrogen-bond donors (Lipinski definition) is 0. The maximum Gasteiger partial charge on any atom is 0.243 e. The minimum atomic E-state index is -3.58. The first-order valence-corrected chi connectivity index (χ1v) is 12.1. The molecule has 3 aromatic rings. The number of methoxy groups -OCH3 is 1. The molecule has 0 saturated carbocycles. The third kappa shape index (κ3) is 4.08. The molecule has 1 saturated heterocycles. The fourth-order valence-electron chi connectivity index (χ4n) is 3.67. The first kappa shape index (κ1) is 20.8. The molecule has 158 valence electrons. The molecule has 0 N–H and O–H groups in total. The topological polar surface area (TPSA) is 62.7 Å². The number of sulfonamides is 1. The van der Waals surface area contributed by atoms with Gasteiger partial charge < -0.3 is 9.64 Å². The van der Waals surface area contributed by atoms with Crippen molar-refractivity contribution >= 4 is 27.0 Å². The van der Waals surface area contributed by atoms with Crippen LogP contribution in [-0.2, 0) is 10.0 Å². The van der Waals surface area contributed by atoms with E-state index in [1.807, 2.05) is 55.6 Å². The zero-order chi connectivity index (χ0) is 21.3. The van der Waals surface area contributed by atoms with Crippen molar-refractivity contribution in [1.29, 1.82) is 0 Å². The zero-order valence-corrected chi connectivity index (χ0v) is 19.0. The Labute approximate surface area is 181 Å². The Hall–Kier alpha value is -2.42. The van der Waals surface area contributed by atoms with Gasteiger partial charge in [0, 0.05) is 48.9 Å². The van der Waals surface area contributed by atoms with Gasteiger partial charge in [0.2, 0.25) is 10.0 Å². The normalized spacial score (nSPS) is 15.4. The average molecular weight is 444 g/mol. The molecule has 6 nitrogen and oxygen atoms in total. The van der Waals surface area contributed by atoms with E-state index in [4.69, 9.17) is 4.74 Å². The molecule has 1 fully saturated rings. The summed E-state index contributed by atoms with van der Waals surface area (Å²) in [7, 11) is -1.93. The fraction of sp³-hybridized carbons (Fsp3) is 0.318. The molecule has 0 unspecified atom stereocenters. The van der Waals surface area contributed by atoms with Crippen molar-refractivity contribution in [3.63, 3.8) is 0 Å². The molecule has 0 aliphatic carbocycles. The molecule has 2 aromatic carbocycles. The minimum absolute atomic E-state index is 0.362. The number of aryl methyl sites for hydroxylation is 2. The SMILES string of the molecule is COc1cccc(N2CCN(S(=O)(=O)c3cc(-c4csc(C)n4)ccc3C)CC2)c1. The molecular weight excluding hydrogens is 418 g/mol. The van der Waals surface area contributed by atoms with Crippen LogP contribution in [0, 0.1) is 13.8 Å². The van der Waals surface area contributed by atoms with Gasteiger partial charge in [-0.15, -0.1) is 11.3 Å². The van der Waals surface area contributed by atoms with Gasteiger partial charge in [0.15, 0.2) is 0 Å². The molecule has 0 atom stereocenters. The lowest BCUT2D eigenvalue weighted by atomic mass is 10.1. The van der Waals surface area contributed by atoms with Gasteiger partial charge in [-0.05, 0) is 37.6 Å². The van der Waals surface area contributed by atoms with Crippen molar-refractivity contribution < 1.29 is 13.2 Å². The summed E-state index contributed by atoms with van der Waals surface area (Å²) >= 11 is 1.56. The third-order valence-corrected chi connectivity index (χ3v) is 8.19. The molecule has 8 heteroatoms. The van der Waals surface area contributed by atoms with Crippen LogP contribution in [0.5, 0.6) is 5.75 Å². The Morgan fingerprint density at radius 3 is 2.47 bits per heavy atom. The molecule has 0 amide bonds. The van der Waals surface area contributed by atoms with Crippen LogP contribution < -0.4 is 9.64 Å². The van der Waals surface area contributed by atoms with Crippen molar-refractivity contribution in [2.45, 2.75) is 18.7 Å². The lowest BCUT2D eigenvalue weighted by molar-refractivity contribution is 0.384. The van der Waals surface area contributed by atoms with Gasteiger partial charge in [-0.2, -0.15) is 4.31 Å². The summed E-state index contributed by atoms with van der Waals surface area (Å²) in [5.41, 5.74) is 3.44. The number of ether oxygens (including phenoxy) is 1. The predicted octanol–water partition coefficient (Wildman–Crippen LogP) is 3.95. The molecule has 1 aliphatic rings. The summed E-state index contributed by atoms with van der Waals surface area (Å²) in [6, 6.07) is 13.4. The highest BCUT2D eigenvalue weighted by atomic mass is 32.2. The summed E-state index contributed by atoms with van der Waals surface area (Å²) < 4.78 is 33.7. The molecular formula is C22H25N3O3S2. The number of hydrogen-bond acceptors (Lipinski definition) is 6. The van der Waals surface area contributed by atoms with Gasteiger partial charge in [0.25, 0.3) is 0 Å². The lowest BCUT2D eigenvalue weighted by Crippen LogP contribution is -2.48. The molecule has 30 heavy (non-hydrogen) atoms. The largest absolute Gasteiger partial charge is 0.497 e. The second-order valence-electron chi connectivity index (χ2n) is 7.32. The molecule has 1 aromatic heterocycles. The number of piperazine rings is 1. The summed E-state index contributed by atoms with van der Waals surface area (Å²) in [4.78, 5) is 7.05. The maximum atomic E-state index is 13.4. The molecule has 4 rings (SSSR count). The molecule has 0 spiro atoms. The lowest BCUT2D eigenvalue weighted by Gasteiger charge is -2.35. The smallest absolute Gasteiger partial charge is 0.243 e. The molecule has 0 bridgehead atoms. The standard InChI is InChI=1S/C22H25N3O3S2/c1-16-7-8-18(21-15-29-17(2)23-21)13-22(16)30(26,27)25-11-9-24(10-12-25)19-5-4-6-20(14-19)28-3/h4-8,13-15H,9-12H2,1-3H3. The number of aromatic nitrogens is 1. The summed E-state index contributed by atoms with van der Waals surface area (Å²) in [5.74, 6) is 0.798. The van der Waals surface area contributed by atoms with Gasteiger partial charge in [-0.25, -0.2) is 13.4 Å². The Morgan fingerprint density at radius 1 is 1.03 bits per heavy atom.